The van der Waals surface area contributed by atoms with Gasteiger partial charge in [0.2, 0.25) is 5.91 Å². The summed E-state index contributed by atoms with van der Waals surface area (Å²) in [7, 11) is 0. The predicted octanol–water partition coefficient (Wildman–Crippen LogP) is 1.04. The molecule has 0 aromatic heterocycles. The molecule has 64 valence electrons. The molecule has 0 aliphatic heterocycles. The van der Waals surface area contributed by atoms with Crippen molar-refractivity contribution in [2.45, 2.75) is 13.3 Å². The van der Waals surface area contributed by atoms with Crippen LogP contribution in [0.4, 0.5) is 0 Å². The minimum absolute atomic E-state index is 0.0622. The van der Waals surface area contributed by atoms with Gasteiger partial charge in [0, 0.05) is 0 Å². The van der Waals surface area contributed by atoms with Gasteiger partial charge in [-0.3, -0.25) is 10.0 Å². The zero-order valence-electron chi connectivity index (χ0n) is 7.82. The number of hydroxylamine groups is 1. The van der Waals surface area contributed by atoms with Crippen LogP contribution < -0.4 is 5.47 Å². The quantitative estimate of drug-likeness (QED) is 0.509. The van der Waals surface area contributed by atoms with E-state index in [2.05, 4.69) is 0 Å². The fourth-order valence-corrected chi connectivity index (χ4v) is 1.01. The third-order valence-electron chi connectivity index (χ3n) is 1.71. The van der Waals surface area contributed by atoms with Gasteiger partial charge < -0.3 is 0 Å². The minimum atomic E-state index is -0.630. The third kappa shape index (κ3) is 2.07. The predicted molar refractivity (Wildman–Crippen MR) is 44.8 cm³/mol. The van der Waals surface area contributed by atoms with E-state index in [9.17, 15) is 4.79 Å². The Hall–Kier alpha value is -1.35. The molecule has 1 aromatic rings. The molecule has 0 bridgehead atoms. The van der Waals surface area contributed by atoms with E-state index in [1.54, 1.807) is 6.07 Å². The highest BCUT2D eigenvalue weighted by Crippen LogP contribution is 2.06. The zero-order chi connectivity index (χ0) is 9.84. The van der Waals surface area contributed by atoms with Crippen LogP contribution in [0.25, 0.3) is 0 Å². The van der Waals surface area contributed by atoms with Gasteiger partial charge in [0.1, 0.15) is 0 Å². The van der Waals surface area contributed by atoms with E-state index in [0.29, 0.717) is 0 Å². The van der Waals surface area contributed by atoms with E-state index in [-0.39, 0.29) is 11.9 Å². The molecule has 1 aromatic carbocycles. The molecule has 0 fully saturated rings. The molecular formula is C9H11NO2. The van der Waals surface area contributed by atoms with Gasteiger partial charge in [0.25, 0.3) is 0 Å². The van der Waals surface area contributed by atoms with E-state index in [0.717, 1.165) is 11.1 Å². The lowest BCUT2D eigenvalue weighted by molar-refractivity contribution is -0.128. The highest BCUT2D eigenvalue weighted by molar-refractivity contribution is 5.77. The molecule has 0 aliphatic carbocycles. The summed E-state index contributed by atoms with van der Waals surface area (Å²) in [5, 5.41) is 8.52. The largest absolute Gasteiger partial charge is 0.289 e. The Morgan fingerprint density at radius 2 is 2.33 bits per heavy atom. The van der Waals surface area contributed by atoms with Crippen molar-refractivity contribution >= 4 is 5.91 Å². The summed E-state index contributed by atoms with van der Waals surface area (Å²) in [5.41, 5.74) is 1.68. The minimum Gasteiger partial charge on any atom is -0.289 e. The summed E-state index contributed by atoms with van der Waals surface area (Å²) in [5.74, 6) is -0.630. The van der Waals surface area contributed by atoms with Crippen molar-refractivity contribution in [1.82, 2.24) is 5.47 Å². The maximum absolute atomic E-state index is 11.0. The Kier molecular flexibility index (Phi) is 2.36. The highest BCUT2D eigenvalue weighted by atomic mass is 16.5. The monoisotopic (exact) mass is 166 g/mol. The van der Waals surface area contributed by atoms with Crippen molar-refractivity contribution < 1.29 is 11.4 Å². The molecule has 0 saturated heterocycles. The van der Waals surface area contributed by atoms with Gasteiger partial charge in [-0.1, -0.05) is 24.3 Å². The number of nitrogens with one attached hydrogen (secondary N) is 1. The van der Waals surface area contributed by atoms with E-state index >= 15 is 0 Å². The average molecular weight is 166 g/mol. The number of rotatable bonds is 2. The first-order valence-electron chi connectivity index (χ1n) is 4.11. The molecule has 2 N–H and O–H groups in total. The number of hydrogen-bond acceptors (Lipinski definition) is 2. The Morgan fingerprint density at radius 3 is 2.92 bits per heavy atom. The second-order valence-corrected chi connectivity index (χ2v) is 2.60. The molecule has 0 radical (unpaired) electrons. The topological polar surface area (TPSA) is 49.3 Å². The SMILES string of the molecule is [2H]N(O)C(=O)Cc1ccccc1C. The van der Waals surface area contributed by atoms with Crippen LogP contribution in [0.15, 0.2) is 24.3 Å². The van der Waals surface area contributed by atoms with Gasteiger partial charge in [-0.15, -0.1) is 0 Å². The average Bonchev–Trinajstić information content (AvgIpc) is 2.08. The maximum Gasteiger partial charge on any atom is 0.247 e. The van der Waals surface area contributed by atoms with Gasteiger partial charge in [-0.2, -0.15) is 0 Å². The standard InChI is InChI=1S/C9H11NO2/c1-7-4-2-3-5-8(7)6-9(11)10-12/h2-5,12H,6H2,1H3,(H,10,11)/i/hD. The number of carbonyl (C=O) groups excluding carboxylic acids is 1. The molecule has 3 nitrogen and oxygen atoms in total. The number of amides is 1. The van der Waals surface area contributed by atoms with Crippen LogP contribution in [0.3, 0.4) is 0 Å². The van der Waals surface area contributed by atoms with Crippen LogP contribution in [0, 0.1) is 6.92 Å². The molecule has 12 heavy (non-hydrogen) atoms. The Bertz CT molecular complexity index is 312. The van der Waals surface area contributed by atoms with Crippen LogP contribution in [-0.4, -0.2) is 11.1 Å². The van der Waals surface area contributed by atoms with E-state index < -0.39 is 5.91 Å². The fourth-order valence-electron chi connectivity index (χ4n) is 1.01. The molecule has 0 unspecified atom stereocenters. The molecule has 0 atom stereocenters. The molecular weight excluding hydrogens is 154 g/mol. The summed E-state index contributed by atoms with van der Waals surface area (Å²) in [4.78, 5) is 11.0. The van der Waals surface area contributed by atoms with Gasteiger partial charge in [-0.25, -0.2) is 5.47 Å². The smallest absolute Gasteiger partial charge is 0.247 e. The summed E-state index contributed by atoms with van der Waals surface area (Å²) in [6, 6.07) is 7.38. The number of aryl methyl sites for hydroxylation is 1. The van der Waals surface area contributed by atoms with Crippen LogP contribution in [0.1, 0.15) is 11.1 Å². The summed E-state index contributed by atoms with van der Waals surface area (Å²) in [6.07, 6.45) is 0.0622. The van der Waals surface area contributed by atoms with Crippen LogP contribution in [0.5, 0.6) is 0 Å². The lowest BCUT2D eigenvalue weighted by atomic mass is 10.1. The first-order chi connectivity index (χ1) is 6.11. The summed E-state index contributed by atoms with van der Waals surface area (Å²) < 4.78 is 6.64. The van der Waals surface area contributed by atoms with Gasteiger partial charge in [0.15, 0.2) is 1.41 Å². The second kappa shape index (κ2) is 3.88. The number of carbonyl (C=O) groups is 1. The second-order valence-electron chi connectivity index (χ2n) is 2.60. The van der Waals surface area contributed by atoms with Gasteiger partial charge in [-0.05, 0) is 18.1 Å². The zero-order valence-corrected chi connectivity index (χ0v) is 6.82. The molecule has 0 heterocycles. The van der Waals surface area contributed by atoms with Crippen molar-refractivity contribution in [3.8, 4) is 0 Å². The van der Waals surface area contributed by atoms with Gasteiger partial charge in [0.05, 0.1) is 6.42 Å². The lowest BCUT2D eigenvalue weighted by Gasteiger charge is -2.02. The summed E-state index contributed by atoms with van der Waals surface area (Å²) in [6.45, 7) is 1.88. The Balaban J connectivity index is 2.75. The fraction of sp³-hybridized carbons (Fsp3) is 0.222. The van der Waals surface area contributed by atoms with E-state index in [4.69, 9.17) is 6.62 Å². The van der Waals surface area contributed by atoms with Crippen LogP contribution in [0.2, 0.25) is 1.41 Å². The lowest BCUT2D eigenvalue weighted by Crippen LogP contribution is -2.21. The normalized spacial score (nSPS) is 10.7. The van der Waals surface area contributed by atoms with Crippen molar-refractivity contribution in [1.29, 1.82) is 0 Å². The maximum atomic E-state index is 11.0. The molecule has 0 spiro atoms. The highest BCUT2D eigenvalue weighted by Gasteiger charge is 2.02. The van der Waals surface area contributed by atoms with E-state index in [1.165, 1.54) is 0 Å². The first-order valence-corrected chi connectivity index (χ1v) is 3.66. The molecule has 1 rings (SSSR count). The van der Waals surface area contributed by atoms with Crippen molar-refractivity contribution in [3.05, 3.63) is 35.4 Å². The van der Waals surface area contributed by atoms with Crippen LogP contribution in [-0.2, 0) is 11.2 Å². The third-order valence-corrected chi connectivity index (χ3v) is 1.71. The van der Waals surface area contributed by atoms with Crippen molar-refractivity contribution in [3.63, 3.8) is 0 Å². The number of hydrogen-bond donors (Lipinski definition) is 2. The summed E-state index contributed by atoms with van der Waals surface area (Å²) >= 11 is 0. The Morgan fingerprint density at radius 1 is 1.67 bits per heavy atom. The molecule has 3 heteroatoms. The first kappa shape index (κ1) is 7.31. The molecule has 0 aliphatic rings. The Labute approximate surface area is 72.4 Å². The van der Waals surface area contributed by atoms with Gasteiger partial charge >= 0.3 is 0 Å². The van der Waals surface area contributed by atoms with Crippen molar-refractivity contribution in [2.75, 3.05) is 0 Å². The van der Waals surface area contributed by atoms with Crippen LogP contribution >= 0.6 is 0 Å². The van der Waals surface area contributed by atoms with Crippen molar-refractivity contribution in [2.24, 2.45) is 0 Å². The van der Waals surface area contributed by atoms with E-state index in [1.807, 2.05) is 25.1 Å². The molecule has 0 saturated carbocycles. The number of benzene rings is 1. The molecule has 1 amide bonds.